The minimum absolute atomic E-state index is 0.0806. The van der Waals surface area contributed by atoms with Gasteiger partial charge in [0.15, 0.2) is 11.5 Å². The summed E-state index contributed by atoms with van der Waals surface area (Å²) >= 11 is 0. The normalized spacial score (nSPS) is 36.6. The fourth-order valence-corrected chi connectivity index (χ4v) is 6.19. The highest BCUT2D eigenvalue weighted by Crippen LogP contribution is 2.62. The van der Waals surface area contributed by atoms with Gasteiger partial charge in [-0.15, -0.1) is 0 Å². The van der Waals surface area contributed by atoms with Crippen LogP contribution in [0, 0.1) is 5.92 Å². The molecule has 3 N–H and O–H groups in total. The molecule has 2 aliphatic carbocycles. The fourth-order valence-electron chi connectivity index (χ4n) is 6.19. The third kappa shape index (κ3) is 2.88. The van der Waals surface area contributed by atoms with Crippen LogP contribution in [-0.4, -0.2) is 72.0 Å². The average Bonchev–Trinajstić information content (AvgIpc) is 3.34. The minimum Gasteiger partial charge on any atom is -0.493 e. The summed E-state index contributed by atoms with van der Waals surface area (Å²) in [4.78, 5) is 23.0. The Morgan fingerprint density at radius 1 is 1.35 bits per heavy atom. The van der Waals surface area contributed by atoms with Crippen molar-refractivity contribution < 1.29 is 29.3 Å². The Morgan fingerprint density at radius 3 is 2.81 bits per heavy atom. The number of likely N-dealkylation sites (N-methyl/N-ethyl adjacent to an activating group) is 1. The molecule has 2 bridgehead atoms. The molecular formula is C23H28N2O6. The van der Waals surface area contributed by atoms with Gasteiger partial charge in [0.05, 0.1) is 7.11 Å². The number of amides is 1. The van der Waals surface area contributed by atoms with Crippen molar-refractivity contribution in [2.24, 2.45) is 5.92 Å². The summed E-state index contributed by atoms with van der Waals surface area (Å²) in [5, 5.41) is 21.2. The number of hydrogen-bond donors (Lipinski definition) is 3. The summed E-state index contributed by atoms with van der Waals surface area (Å²) in [6, 6.07) is 4.06. The number of likely N-dealkylation sites (tertiary alicyclic amines) is 1. The van der Waals surface area contributed by atoms with E-state index in [1.807, 2.05) is 12.1 Å². The standard InChI is InChI=1S/C18H21NO3.C5H7NO3/c1-19-8-7-18-11-4-5-13(20)17(18)22-16-14(21-2)6-3-10(15(16)18)9-12(11)19;7-4-2-1-3(6-4)5(8)9/h3-6,11-13,17,20H,7-9H2,1-2H3;3H,1-2H2,(H,6,7)(H,8,9)/t11-,12+,13?,17-,18-;3-/m00/s1. The Morgan fingerprint density at radius 2 is 2.16 bits per heavy atom. The molecule has 3 aliphatic heterocycles. The monoisotopic (exact) mass is 428 g/mol. The number of carboxylic acid groups (broad SMARTS) is 1. The molecule has 8 nitrogen and oxygen atoms in total. The predicted octanol–water partition coefficient (Wildman–Crippen LogP) is 0.851. The van der Waals surface area contributed by atoms with Gasteiger partial charge in [0.1, 0.15) is 18.2 Å². The molecule has 1 amide bonds. The zero-order chi connectivity index (χ0) is 21.9. The molecule has 166 valence electrons. The van der Waals surface area contributed by atoms with Crippen molar-refractivity contribution in [3.63, 3.8) is 0 Å². The molecule has 8 heteroatoms. The van der Waals surface area contributed by atoms with E-state index in [9.17, 15) is 14.7 Å². The molecule has 2 fully saturated rings. The molecule has 0 aromatic heterocycles. The number of carbonyl (C=O) groups is 2. The number of methoxy groups -OCH3 is 1. The first-order valence-electron chi connectivity index (χ1n) is 10.8. The van der Waals surface area contributed by atoms with Crippen molar-refractivity contribution in [2.45, 2.75) is 55.4 Å². The lowest BCUT2D eigenvalue weighted by molar-refractivity contribution is -0.140. The minimum atomic E-state index is -0.944. The lowest BCUT2D eigenvalue weighted by Crippen LogP contribution is -2.64. The van der Waals surface area contributed by atoms with Crippen LogP contribution in [0.2, 0.25) is 0 Å². The van der Waals surface area contributed by atoms with E-state index >= 15 is 0 Å². The van der Waals surface area contributed by atoms with Crippen LogP contribution in [0.4, 0.5) is 0 Å². The van der Waals surface area contributed by atoms with Gasteiger partial charge >= 0.3 is 5.97 Å². The SMILES string of the molecule is COc1ccc2c3c1O[C@H]1C(O)C=C[C@H]4[C@@H](C2)N(C)CC[C@]314.O=C1CC[C@@H](C(=O)O)N1. The molecule has 2 saturated heterocycles. The maximum absolute atomic E-state index is 10.6. The second-order valence-electron chi connectivity index (χ2n) is 9.11. The van der Waals surface area contributed by atoms with Gasteiger partial charge in [-0.25, -0.2) is 4.79 Å². The summed E-state index contributed by atoms with van der Waals surface area (Å²) in [6.07, 6.45) is 6.30. The zero-order valence-electron chi connectivity index (χ0n) is 17.7. The zero-order valence-corrected chi connectivity index (χ0v) is 17.7. The van der Waals surface area contributed by atoms with Crippen LogP contribution >= 0.6 is 0 Å². The number of benzene rings is 1. The van der Waals surface area contributed by atoms with Crippen LogP contribution in [0.15, 0.2) is 24.3 Å². The maximum atomic E-state index is 10.6. The van der Waals surface area contributed by atoms with E-state index in [-0.39, 0.29) is 17.4 Å². The first kappa shape index (κ1) is 20.3. The van der Waals surface area contributed by atoms with Crippen molar-refractivity contribution >= 4 is 11.9 Å². The van der Waals surface area contributed by atoms with E-state index in [2.05, 4.69) is 29.4 Å². The molecule has 0 saturated carbocycles. The van der Waals surface area contributed by atoms with Gasteiger partial charge in [0.2, 0.25) is 5.91 Å². The van der Waals surface area contributed by atoms with Crippen molar-refractivity contribution in [1.29, 1.82) is 0 Å². The van der Waals surface area contributed by atoms with Crippen LogP contribution in [0.1, 0.15) is 30.4 Å². The quantitative estimate of drug-likeness (QED) is 0.600. The largest absolute Gasteiger partial charge is 0.493 e. The molecule has 6 atom stereocenters. The number of piperidine rings is 1. The highest BCUT2D eigenvalue weighted by atomic mass is 16.5. The van der Waals surface area contributed by atoms with Crippen LogP contribution in [0.25, 0.3) is 0 Å². The van der Waals surface area contributed by atoms with E-state index in [1.165, 1.54) is 11.1 Å². The molecule has 31 heavy (non-hydrogen) atoms. The van der Waals surface area contributed by atoms with Crippen LogP contribution < -0.4 is 14.8 Å². The molecule has 1 aromatic carbocycles. The Balaban J connectivity index is 0.000000192. The first-order valence-corrected chi connectivity index (χ1v) is 10.8. The Kier molecular flexibility index (Phi) is 4.75. The molecular weight excluding hydrogens is 400 g/mol. The number of carboxylic acids is 1. The van der Waals surface area contributed by atoms with Crippen LogP contribution in [0.3, 0.4) is 0 Å². The summed E-state index contributed by atoms with van der Waals surface area (Å²) in [5.41, 5.74) is 2.60. The molecule has 5 aliphatic rings. The Hall–Kier alpha value is -2.58. The number of carbonyl (C=O) groups excluding carboxylic acids is 1. The third-order valence-corrected chi connectivity index (χ3v) is 7.65. The number of nitrogens with zero attached hydrogens (tertiary/aromatic N) is 1. The number of nitrogens with one attached hydrogen (secondary N) is 1. The smallest absolute Gasteiger partial charge is 0.326 e. The summed E-state index contributed by atoms with van der Waals surface area (Å²) in [6.45, 7) is 1.05. The molecule has 3 heterocycles. The summed E-state index contributed by atoms with van der Waals surface area (Å²) in [5.74, 6) is 0.982. The predicted molar refractivity (Wildman–Crippen MR) is 111 cm³/mol. The number of ether oxygens (including phenoxy) is 2. The van der Waals surface area contributed by atoms with Crippen molar-refractivity contribution in [2.75, 3.05) is 20.7 Å². The summed E-state index contributed by atoms with van der Waals surface area (Å²) < 4.78 is 11.8. The van der Waals surface area contributed by atoms with Gasteiger partial charge in [-0.3, -0.25) is 4.79 Å². The Bertz CT molecular complexity index is 962. The molecule has 6 rings (SSSR count). The van der Waals surface area contributed by atoms with E-state index in [4.69, 9.17) is 14.6 Å². The van der Waals surface area contributed by atoms with Crippen LogP contribution in [-0.2, 0) is 21.4 Å². The van der Waals surface area contributed by atoms with Gasteiger partial charge in [-0.1, -0.05) is 18.2 Å². The molecule has 1 unspecified atom stereocenters. The fraction of sp³-hybridized carbons (Fsp3) is 0.565. The maximum Gasteiger partial charge on any atom is 0.326 e. The van der Waals surface area contributed by atoms with Crippen molar-refractivity contribution in [3.8, 4) is 11.5 Å². The van der Waals surface area contributed by atoms with Crippen molar-refractivity contribution in [3.05, 3.63) is 35.4 Å². The van der Waals surface area contributed by atoms with Gasteiger partial charge in [0.25, 0.3) is 0 Å². The number of rotatable bonds is 2. The lowest BCUT2D eigenvalue weighted by Gasteiger charge is -2.56. The number of aliphatic hydroxyl groups is 1. The van der Waals surface area contributed by atoms with Gasteiger partial charge in [-0.2, -0.15) is 0 Å². The summed E-state index contributed by atoms with van der Waals surface area (Å²) in [7, 11) is 3.91. The topological polar surface area (TPSA) is 108 Å². The average molecular weight is 428 g/mol. The van der Waals surface area contributed by atoms with E-state index in [0.29, 0.717) is 24.8 Å². The number of aliphatic hydroxyl groups excluding tert-OH is 1. The second kappa shape index (κ2) is 7.24. The molecule has 1 spiro atoms. The Labute approximate surface area is 180 Å². The van der Waals surface area contributed by atoms with E-state index < -0.39 is 18.1 Å². The highest BCUT2D eigenvalue weighted by Gasteiger charge is 2.64. The number of aliphatic carboxylic acids is 1. The number of hydrogen-bond acceptors (Lipinski definition) is 6. The molecule has 0 radical (unpaired) electrons. The highest BCUT2D eigenvalue weighted by molar-refractivity contribution is 5.87. The molecule has 1 aromatic rings. The van der Waals surface area contributed by atoms with Gasteiger partial charge < -0.3 is 29.9 Å². The van der Waals surface area contributed by atoms with Crippen LogP contribution in [0.5, 0.6) is 11.5 Å². The third-order valence-electron chi connectivity index (χ3n) is 7.65. The second-order valence-corrected chi connectivity index (χ2v) is 9.11. The van der Waals surface area contributed by atoms with E-state index in [1.54, 1.807) is 7.11 Å². The lowest BCUT2D eigenvalue weighted by atomic mass is 9.53. The van der Waals surface area contributed by atoms with Gasteiger partial charge in [0, 0.05) is 29.4 Å². The first-order chi connectivity index (χ1) is 14.9. The van der Waals surface area contributed by atoms with Gasteiger partial charge in [-0.05, 0) is 44.5 Å². The van der Waals surface area contributed by atoms with E-state index in [0.717, 1.165) is 30.9 Å². The van der Waals surface area contributed by atoms with Crippen molar-refractivity contribution in [1.82, 2.24) is 10.2 Å².